The lowest BCUT2D eigenvalue weighted by Crippen LogP contribution is -2.45. The number of aromatic nitrogens is 2. The minimum atomic E-state index is -0.353. The first-order valence-electron chi connectivity index (χ1n) is 9.85. The van der Waals surface area contributed by atoms with Gasteiger partial charge in [-0.15, -0.1) is 0 Å². The van der Waals surface area contributed by atoms with Crippen LogP contribution in [0.4, 0.5) is 10.3 Å². The maximum absolute atomic E-state index is 13.8. The molecule has 1 aliphatic carbocycles. The third-order valence-corrected chi connectivity index (χ3v) is 5.89. The van der Waals surface area contributed by atoms with Crippen LogP contribution in [-0.4, -0.2) is 35.6 Å². The number of anilines is 1. The van der Waals surface area contributed by atoms with Crippen LogP contribution in [0.5, 0.6) is 0 Å². The molecule has 7 heteroatoms. The van der Waals surface area contributed by atoms with E-state index in [4.69, 9.17) is 10.5 Å². The van der Waals surface area contributed by atoms with Crippen LogP contribution in [0.3, 0.4) is 0 Å². The summed E-state index contributed by atoms with van der Waals surface area (Å²) >= 11 is 0. The topological polar surface area (TPSA) is 90.1 Å². The molecule has 148 valence electrons. The molecule has 2 aromatic rings. The Morgan fingerprint density at radius 1 is 1.21 bits per heavy atom. The highest BCUT2D eigenvalue weighted by atomic mass is 19.1. The molecule has 1 aromatic carbocycles. The van der Waals surface area contributed by atoms with Crippen molar-refractivity contribution in [1.29, 1.82) is 0 Å². The van der Waals surface area contributed by atoms with Gasteiger partial charge in [0.1, 0.15) is 11.5 Å². The van der Waals surface area contributed by atoms with Crippen molar-refractivity contribution in [3.8, 4) is 0 Å². The first-order valence-corrected chi connectivity index (χ1v) is 9.85. The minimum Gasteiger partial charge on any atom is -0.381 e. The van der Waals surface area contributed by atoms with E-state index >= 15 is 0 Å². The van der Waals surface area contributed by atoms with Crippen molar-refractivity contribution in [3.05, 3.63) is 52.6 Å². The maximum Gasteiger partial charge on any atom is 0.270 e. The number of amides is 1. The number of carbonyl (C=O) groups excluding carboxylic acids is 1. The monoisotopic (exact) mass is 384 g/mol. The zero-order valence-corrected chi connectivity index (χ0v) is 15.8. The summed E-state index contributed by atoms with van der Waals surface area (Å²) in [5, 5.41) is 3.04. The Morgan fingerprint density at radius 3 is 2.79 bits per heavy atom. The second-order valence-corrected chi connectivity index (χ2v) is 7.65. The van der Waals surface area contributed by atoms with E-state index in [1.165, 1.54) is 6.07 Å². The number of aryl methyl sites for hydroxylation is 1. The lowest BCUT2D eigenvalue weighted by atomic mass is 9.74. The Kier molecular flexibility index (Phi) is 5.26. The second kappa shape index (κ2) is 7.83. The fourth-order valence-electron chi connectivity index (χ4n) is 4.28. The van der Waals surface area contributed by atoms with Gasteiger partial charge in [-0.2, -0.15) is 0 Å². The fourth-order valence-corrected chi connectivity index (χ4v) is 4.28. The van der Waals surface area contributed by atoms with E-state index in [0.717, 1.165) is 55.3 Å². The van der Waals surface area contributed by atoms with E-state index in [9.17, 15) is 9.18 Å². The highest BCUT2D eigenvalue weighted by Gasteiger charge is 2.35. The van der Waals surface area contributed by atoms with Crippen molar-refractivity contribution in [2.45, 2.75) is 43.9 Å². The molecule has 1 saturated heterocycles. The van der Waals surface area contributed by atoms with Crippen molar-refractivity contribution in [1.82, 2.24) is 15.3 Å². The molecule has 2 heterocycles. The van der Waals surface area contributed by atoms with Crippen molar-refractivity contribution in [3.63, 3.8) is 0 Å². The Bertz CT molecular complexity index is 881. The molecule has 2 aliphatic rings. The Labute approximate surface area is 163 Å². The predicted molar refractivity (Wildman–Crippen MR) is 104 cm³/mol. The Morgan fingerprint density at radius 2 is 2.00 bits per heavy atom. The third kappa shape index (κ3) is 3.71. The molecule has 1 amide bonds. The SMILES string of the molecule is Nc1nc2c(c(C(=O)NCC3(c4cccc(F)c4)CCOCC3)n1)CCCC2. The van der Waals surface area contributed by atoms with Crippen molar-refractivity contribution < 1.29 is 13.9 Å². The van der Waals surface area contributed by atoms with Gasteiger partial charge in [0.25, 0.3) is 5.91 Å². The number of hydrogen-bond acceptors (Lipinski definition) is 5. The number of benzene rings is 1. The van der Waals surface area contributed by atoms with Gasteiger partial charge in [0.2, 0.25) is 5.95 Å². The first-order chi connectivity index (χ1) is 13.6. The number of ether oxygens (including phenoxy) is 1. The van der Waals surface area contributed by atoms with Crippen molar-refractivity contribution >= 4 is 11.9 Å². The number of nitrogens with two attached hydrogens (primary N) is 1. The fraction of sp³-hybridized carbons (Fsp3) is 0.476. The Balaban J connectivity index is 1.58. The van der Waals surface area contributed by atoms with Gasteiger partial charge in [0.05, 0.1) is 0 Å². The van der Waals surface area contributed by atoms with Gasteiger partial charge in [-0.1, -0.05) is 12.1 Å². The zero-order chi connectivity index (χ0) is 19.6. The lowest BCUT2D eigenvalue weighted by molar-refractivity contribution is 0.0485. The molecule has 0 saturated carbocycles. The summed E-state index contributed by atoms with van der Waals surface area (Å²) in [5.74, 6) is -0.376. The average Bonchev–Trinajstić information content (AvgIpc) is 2.72. The molecule has 0 unspecified atom stereocenters. The summed E-state index contributed by atoms with van der Waals surface area (Å²) in [5.41, 5.74) is 8.54. The van der Waals surface area contributed by atoms with Crippen LogP contribution in [0.25, 0.3) is 0 Å². The summed E-state index contributed by atoms with van der Waals surface area (Å²) in [4.78, 5) is 21.5. The number of fused-ring (bicyclic) bond motifs is 1. The van der Waals surface area contributed by atoms with Gasteiger partial charge in [0.15, 0.2) is 0 Å². The average molecular weight is 384 g/mol. The minimum absolute atomic E-state index is 0.136. The van der Waals surface area contributed by atoms with Crippen LogP contribution in [0.15, 0.2) is 24.3 Å². The smallest absolute Gasteiger partial charge is 0.270 e. The van der Waals surface area contributed by atoms with Crippen molar-refractivity contribution in [2.24, 2.45) is 0 Å². The Hall–Kier alpha value is -2.54. The van der Waals surface area contributed by atoms with E-state index in [0.29, 0.717) is 25.5 Å². The van der Waals surface area contributed by atoms with Gasteiger partial charge >= 0.3 is 0 Å². The molecule has 1 aliphatic heterocycles. The number of nitrogens with one attached hydrogen (secondary N) is 1. The standard InChI is InChI=1S/C21H25FN4O2/c22-15-5-3-4-14(12-15)21(8-10-28-11-9-21)13-24-19(27)18-16-6-1-2-7-17(16)25-20(23)26-18/h3-5,12H,1-2,6-11,13H2,(H,24,27)(H2,23,25,26). The van der Waals surface area contributed by atoms with E-state index in [2.05, 4.69) is 15.3 Å². The number of carbonyl (C=O) groups is 1. The number of nitrogen functional groups attached to an aromatic ring is 1. The van der Waals surface area contributed by atoms with Crippen LogP contribution < -0.4 is 11.1 Å². The van der Waals surface area contributed by atoms with E-state index in [-0.39, 0.29) is 23.1 Å². The van der Waals surface area contributed by atoms with E-state index in [1.54, 1.807) is 12.1 Å². The molecule has 4 rings (SSSR count). The molecule has 6 nitrogen and oxygen atoms in total. The van der Waals surface area contributed by atoms with Gasteiger partial charge in [-0.05, 0) is 56.2 Å². The van der Waals surface area contributed by atoms with E-state index < -0.39 is 0 Å². The van der Waals surface area contributed by atoms with Crippen LogP contribution >= 0.6 is 0 Å². The summed E-state index contributed by atoms with van der Waals surface area (Å²) in [6.45, 7) is 1.57. The summed E-state index contributed by atoms with van der Waals surface area (Å²) in [6, 6.07) is 6.63. The van der Waals surface area contributed by atoms with Crippen LogP contribution in [-0.2, 0) is 23.0 Å². The molecule has 1 fully saturated rings. The molecule has 28 heavy (non-hydrogen) atoms. The molecule has 3 N–H and O–H groups in total. The predicted octanol–water partition coefficient (Wildman–Crippen LogP) is 2.55. The largest absolute Gasteiger partial charge is 0.381 e. The van der Waals surface area contributed by atoms with Crippen molar-refractivity contribution in [2.75, 3.05) is 25.5 Å². The van der Waals surface area contributed by atoms with Crippen LogP contribution in [0.2, 0.25) is 0 Å². The molecule has 0 atom stereocenters. The summed E-state index contributed by atoms with van der Waals surface area (Å²) < 4.78 is 19.4. The van der Waals surface area contributed by atoms with Gasteiger partial charge in [-0.25, -0.2) is 14.4 Å². The molecular formula is C21H25FN4O2. The van der Waals surface area contributed by atoms with Gasteiger partial charge in [0, 0.05) is 36.4 Å². The van der Waals surface area contributed by atoms with E-state index in [1.807, 2.05) is 6.07 Å². The molecule has 0 radical (unpaired) electrons. The normalized spacial score (nSPS) is 18.3. The number of halogens is 1. The molecule has 0 bridgehead atoms. The van der Waals surface area contributed by atoms with Crippen LogP contribution in [0, 0.1) is 5.82 Å². The highest BCUT2D eigenvalue weighted by Crippen LogP contribution is 2.35. The number of rotatable bonds is 4. The lowest BCUT2D eigenvalue weighted by Gasteiger charge is -2.38. The highest BCUT2D eigenvalue weighted by molar-refractivity contribution is 5.94. The third-order valence-electron chi connectivity index (χ3n) is 5.89. The molecule has 1 aromatic heterocycles. The zero-order valence-electron chi connectivity index (χ0n) is 15.8. The van der Waals surface area contributed by atoms with Crippen LogP contribution in [0.1, 0.15) is 53.0 Å². The second-order valence-electron chi connectivity index (χ2n) is 7.65. The summed E-state index contributed by atoms with van der Waals surface area (Å²) in [7, 11) is 0. The van der Waals surface area contributed by atoms with Gasteiger partial charge in [-0.3, -0.25) is 4.79 Å². The maximum atomic E-state index is 13.8. The number of hydrogen-bond donors (Lipinski definition) is 2. The molecular weight excluding hydrogens is 359 g/mol. The van der Waals surface area contributed by atoms with Gasteiger partial charge < -0.3 is 15.8 Å². The number of nitrogens with zero attached hydrogens (tertiary/aromatic N) is 2. The molecule has 0 spiro atoms. The summed E-state index contributed by atoms with van der Waals surface area (Å²) in [6.07, 6.45) is 5.13. The first kappa shape index (κ1) is 18.8. The quantitative estimate of drug-likeness (QED) is 0.846.